The van der Waals surface area contributed by atoms with E-state index in [1.807, 2.05) is 48.6 Å². The summed E-state index contributed by atoms with van der Waals surface area (Å²) in [6.45, 7) is 2.16. The molecule has 0 saturated heterocycles. The van der Waals surface area contributed by atoms with Crippen molar-refractivity contribution < 1.29 is 39.3 Å². The van der Waals surface area contributed by atoms with E-state index in [4.69, 9.17) is 0 Å². The number of nitrogens with one attached hydrogen (secondary N) is 1. The number of hydrogen-bond donors (Lipinski definition) is 4. The maximum Gasteiger partial charge on any atom is 0.326 e. The zero-order chi connectivity index (χ0) is 33.7. The topological polar surface area (TPSA) is 158 Å². The predicted molar refractivity (Wildman–Crippen MR) is 178 cm³/mol. The summed E-state index contributed by atoms with van der Waals surface area (Å²) in [5, 5.41) is 31.4. The Bertz CT molecular complexity index is 1220. The first-order valence-corrected chi connectivity index (χ1v) is 16.7. The zero-order valence-corrected chi connectivity index (χ0v) is 27.1. The summed E-state index contributed by atoms with van der Waals surface area (Å²) in [6.07, 6.45) is 19.5. The number of carboxylic acids is 3. The SMILES string of the molecule is CCCCCCCC(=O)CCCCCC/C=C/[C@H](C(=O)NC(CC1C=CC(c2ccccc2)=CC1)C(=O)O)[C@@H](CC(=O)O)C(=O)O. The first-order chi connectivity index (χ1) is 22.1. The fraction of sp³-hybridized carbons (Fsp3) is 0.541. The van der Waals surface area contributed by atoms with Gasteiger partial charge in [0, 0.05) is 12.8 Å². The summed E-state index contributed by atoms with van der Waals surface area (Å²) in [7, 11) is 0. The molecule has 4 N–H and O–H groups in total. The van der Waals surface area contributed by atoms with Crippen LogP contribution in [-0.4, -0.2) is 51.0 Å². The summed E-state index contributed by atoms with van der Waals surface area (Å²) in [5.41, 5.74) is 2.07. The van der Waals surface area contributed by atoms with Crippen LogP contribution >= 0.6 is 0 Å². The van der Waals surface area contributed by atoms with Gasteiger partial charge in [0.2, 0.25) is 5.91 Å². The smallest absolute Gasteiger partial charge is 0.326 e. The molecule has 1 aromatic rings. The summed E-state index contributed by atoms with van der Waals surface area (Å²) in [6, 6.07) is 8.50. The van der Waals surface area contributed by atoms with Gasteiger partial charge in [-0.3, -0.25) is 19.2 Å². The number of carboxylic acid groups (broad SMARTS) is 3. The highest BCUT2D eigenvalue weighted by Crippen LogP contribution is 2.27. The molecule has 0 spiro atoms. The lowest BCUT2D eigenvalue weighted by molar-refractivity contribution is -0.152. The molecule has 0 bridgehead atoms. The second-order valence-corrected chi connectivity index (χ2v) is 12.2. The van der Waals surface area contributed by atoms with Crippen LogP contribution in [0.25, 0.3) is 5.57 Å². The van der Waals surface area contributed by atoms with Crippen LogP contribution in [0, 0.1) is 17.8 Å². The molecule has 0 heterocycles. The number of Topliss-reactive ketones (excluding diaryl/α,β-unsaturated/α-hetero) is 1. The number of aliphatic carboxylic acids is 3. The highest BCUT2D eigenvalue weighted by atomic mass is 16.4. The van der Waals surface area contributed by atoms with Crippen molar-refractivity contribution >= 4 is 35.2 Å². The first kappa shape index (κ1) is 38.2. The molecule has 1 amide bonds. The molecule has 9 heteroatoms. The van der Waals surface area contributed by atoms with E-state index < -0.39 is 48.1 Å². The Morgan fingerprint density at radius 1 is 0.870 bits per heavy atom. The Kier molecular flexibility index (Phi) is 18.0. The normalized spacial score (nSPS) is 16.4. The van der Waals surface area contributed by atoms with Gasteiger partial charge in [-0.25, -0.2) is 4.79 Å². The number of allylic oxidation sites excluding steroid dienone is 5. The molecular formula is C37H51NO8. The number of amides is 1. The van der Waals surface area contributed by atoms with Crippen molar-refractivity contribution in [2.24, 2.45) is 17.8 Å². The van der Waals surface area contributed by atoms with E-state index in [-0.39, 0.29) is 12.3 Å². The molecule has 252 valence electrons. The number of hydrogen-bond acceptors (Lipinski definition) is 5. The van der Waals surface area contributed by atoms with Crippen molar-refractivity contribution in [3.63, 3.8) is 0 Å². The van der Waals surface area contributed by atoms with Gasteiger partial charge in [-0.2, -0.15) is 0 Å². The standard InChI is InChI=1S/C37H51NO8/c1-2-3-4-7-13-18-30(39)19-14-8-5-6-9-15-20-31(32(36(43)44)26-34(40)41)35(42)38-33(37(45)46)25-27-21-23-29(24-22-27)28-16-11-10-12-17-28/h10-12,15-17,20-21,23-24,27,31-33H,2-9,13-14,18-19,22,25-26H2,1H3,(H,38,42)(H,40,41)(H,43,44)(H,45,46)/b20-15+/t27?,31-,32+,33?/m0/s1. The molecule has 46 heavy (non-hydrogen) atoms. The third kappa shape index (κ3) is 14.8. The Morgan fingerprint density at radius 2 is 1.52 bits per heavy atom. The Morgan fingerprint density at radius 3 is 2.09 bits per heavy atom. The van der Waals surface area contributed by atoms with Crippen LogP contribution in [0.2, 0.25) is 0 Å². The van der Waals surface area contributed by atoms with Gasteiger partial charge in [-0.05, 0) is 55.6 Å². The quantitative estimate of drug-likeness (QED) is 0.0683. The first-order valence-electron chi connectivity index (χ1n) is 16.7. The van der Waals surface area contributed by atoms with E-state index in [0.717, 1.165) is 49.7 Å². The van der Waals surface area contributed by atoms with Gasteiger partial charge in [0.05, 0.1) is 18.3 Å². The number of benzene rings is 1. The molecule has 2 rings (SSSR count). The van der Waals surface area contributed by atoms with Crippen molar-refractivity contribution in [2.45, 2.75) is 109 Å². The fourth-order valence-electron chi connectivity index (χ4n) is 5.67. The van der Waals surface area contributed by atoms with Gasteiger partial charge < -0.3 is 20.6 Å². The van der Waals surface area contributed by atoms with Gasteiger partial charge in [-0.1, -0.05) is 106 Å². The maximum atomic E-state index is 13.3. The molecule has 0 radical (unpaired) electrons. The van der Waals surface area contributed by atoms with E-state index >= 15 is 0 Å². The molecule has 1 aliphatic rings. The van der Waals surface area contributed by atoms with Gasteiger partial charge in [-0.15, -0.1) is 0 Å². The lowest BCUT2D eigenvalue weighted by atomic mass is 9.86. The van der Waals surface area contributed by atoms with Crippen molar-refractivity contribution in [1.82, 2.24) is 5.32 Å². The van der Waals surface area contributed by atoms with Gasteiger partial charge in [0.25, 0.3) is 0 Å². The van der Waals surface area contributed by atoms with Crippen molar-refractivity contribution in [1.29, 1.82) is 0 Å². The minimum absolute atomic E-state index is 0.102. The lowest BCUT2D eigenvalue weighted by Gasteiger charge is -2.25. The average Bonchev–Trinajstić information content (AvgIpc) is 3.03. The molecule has 0 aliphatic heterocycles. The second kappa shape index (κ2) is 21.7. The van der Waals surface area contributed by atoms with Gasteiger partial charge in [0.15, 0.2) is 0 Å². The molecule has 0 fully saturated rings. The molecule has 4 atom stereocenters. The van der Waals surface area contributed by atoms with Crippen LogP contribution < -0.4 is 5.32 Å². The third-order valence-corrected chi connectivity index (χ3v) is 8.38. The molecule has 0 aromatic heterocycles. The molecular weight excluding hydrogens is 586 g/mol. The lowest BCUT2D eigenvalue weighted by Crippen LogP contribution is -2.47. The van der Waals surface area contributed by atoms with Crippen molar-refractivity contribution in [3.05, 3.63) is 66.3 Å². The van der Waals surface area contributed by atoms with Crippen LogP contribution in [0.15, 0.2) is 60.7 Å². The largest absolute Gasteiger partial charge is 0.481 e. The highest BCUT2D eigenvalue weighted by molar-refractivity contribution is 5.91. The highest BCUT2D eigenvalue weighted by Gasteiger charge is 2.36. The van der Waals surface area contributed by atoms with E-state index in [1.54, 1.807) is 6.08 Å². The molecule has 1 aliphatic carbocycles. The zero-order valence-electron chi connectivity index (χ0n) is 27.1. The molecule has 1 aromatic carbocycles. The van der Waals surface area contributed by atoms with E-state index in [2.05, 4.69) is 12.2 Å². The van der Waals surface area contributed by atoms with Crippen LogP contribution in [0.1, 0.15) is 109 Å². The minimum atomic E-state index is -1.55. The number of rotatable bonds is 24. The van der Waals surface area contributed by atoms with Crippen molar-refractivity contribution in [2.75, 3.05) is 0 Å². The van der Waals surface area contributed by atoms with E-state index in [9.17, 15) is 39.3 Å². The Hall–Kier alpha value is -4.01. The summed E-state index contributed by atoms with van der Waals surface area (Å²) in [5.74, 6) is -7.64. The summed E-state index contributed by atoms with van der Waals surface area (Å²) in [4.78, 5) is 60.9. The minimum Gasteiger partial charge on any atom is -0.481 e. The van der Waals surface area contributed by atoms with Crippen LogP contribution in [0.4, 0.5) is 0 Å². The fourth-order valence-corrected chi connectivity index (χ4v) is 5.67. The monoisotopic (exact) mass is 637 g/mol. The number of unbranched alkanes of at least 4 members (excludes halogenated alkanes) is 8. The second-order valence-electron chi connectivity index (χ2n) is 12.2. The average molecular weight is 638 g/mol. The predicted octanol–water partition coefficient (Wildman–Crippen LogP) is 7.22. The van der Waals surface area contributed by atoms with Gasteiger partial charge in [0.1, 0.15) is 11.8 Å². The Balaban J connectivity index is 1.91. The molecule has 9 nitrogen and oxygen atoms in total. The number of carbonyl (C=O) groups is 5. The van der Waals surface area contributed by atoms with Crippen LogP contribution in [0.3, 0.4) is 0 Å². The molecule has 0 saturated carbocycles. The number of ketones is 1. The Labute approximate surface area is 272 Å². The van der Waals surface area contributed by atoms with E-state index in [1.165, 1.54) is 25.3 Å². The van der Waals surface area contributed by atoms with Crippen LogP contribution in [0.5, 0.6) is 0 Å². The molecule has 2 unspecified atom stereocenters. The maximum absolute atomic E-state index is 13.3. The summed E-state index contributed by atoms with van der Waals surface area (Å²) < 4.78 is 0. The van der Waals surface area contributed by atoms with Crippen molar-refractivity contribution in [3.8, 4) is 0 Å². The van der Waals surface area contributed by atoms with Crippen LogP contribution in [-0.2, 0) is 24.0 Å². The number of carbonyl (C=O) groups excluding carboxylic acids is 2. The van der Waals surface area contributed by atoms with E-state index in [0.29, 0.717) is 31.5 Å². The third-order valence-electron chi connectivity index (χ3n) is 8.38. The van der Waals surface area contributed by atoms with Gasteiger partial charge >= 0.3 is 17.9 Å². The summed E-state index contributed by atoms with van der Waals surface area (Å²) >= 11 is 0.